The Balaban J connectivity index is 1.55. The second-order valence-electron chi connectivity index (χ2n) is 8.84. The minimum atomic E-state index is -0.334. The highest BCUT2D eigenvalue weighted by Crippen LogP contribution is 2.45. The van der Waals surface area contributed by atoms with Crippen molar-refractivity contribution in [1.82, 2.24) is 9.55 Å². The monoisotopic (exact) mass is 434 g/mol. The van der Waals surface area contributed by atoms with E-state index < -0.39 is 0 Å². The van der Waals surface area contributed by atoms with Crippen LogP contribution in [0.15, 0.2) is 35.4 Å². The summed E-state index contributed by atoms with van der Waals surface area (Å²) in [4.78, 5) is 30.8. The lowest BCUT2D eigenvalue weighted by atomic mass is 9.69. The van der Waals surface area contributed by atoms with Crippen molar-refractivity contribution in [2.75, 3.05) is 5.32 Å². The van der Waals surface area contributed by atoms with Crippen molar-refractivity contribution in [2.24, 2.45) is 11.3 Å². The fourth-order valence-electron chi connectivity index (χ4n) is 4.29. The minimum Gasteiger partial charge on any atom is -0.315 e. The molecule has 0 radical (unpaired) electrons. The first-order valence-electron chi connectivity index (χ1n) is 10.6. The third-order valence-electron chi connectivity index (χ3n) is 6.69. The van der Waals surface area contributed by atoms with Crippen LogP contribution in [-0.2, 0) is 24.2 Å². The summed E-state index contributed by atoms with van der Waals surface area (Å²) in [6.07, 6.45) is 5.38. The molecule has 1 aromatic carbocycles. The molecule has 0 spiro atoms. The summed E-state index contributed by atoms with van der Waals surface area (Å²) in [5.74, 6) is 0.237. The molecule has 0 saturated carbocycles. The molecule has 1 N–H and O–H groups in total. The van der Waals surface area contributed by atoms with E-state index in [1.54, 1.807) is 18.2 Å². The van der Waals surface area contributed by atoms with Gasteiger partial charge in [0.2, 0.25) is 5.91 Å². The Bertz CT molecular complexity index is 1250. The number of anilines is 1. The predicted octanol–water partition coefficient (Wildman–Crippen LogP) is 4.51. The van der Waals surface area contributed by atoms with E-state index in [2.05, 4.69) is 37.1 Å². The lowest BCUT2D eigenvalue weighted by Gasteiger charge is -2.36. The summed E-state index contributed by atoms with van der Waals surface area (Å²) < 4.78 is 1.30. The SMILES string of the molecule is CCC(C)(C)C1CCc2c(sc(NC(=O)Cn3cnc4ccccc4c3=O)c2C#N)C1. The number of thiophene rings is 1. The highest BCUT2D eigenvalue weighted by atomic mass is 32.1. The molecule has 4 rings (SSSR count). The largest absolute Gasteiger partial charge is 0.315 e. The van der Waals surface area contributed by atoms with Gasteiger partial charge in [-0.05, 0) is 48.3 Å². The van der Waals surface area contributed by atoms with E-state index in [1.165, 1.54) is 27.1 Å². The molecule has 1 aliphatic carbocycles. The van der Waals surface area contributed by atoms with Crippen LogP contribution in [0.2, 0.25) is 0 Å². The van der Waals surface area contributed by atoms with Gasteiger partial charge in [-0.3, -0.25) is 14.2 Å². The first-order chi connectivity index (χ1) is 14.8. The highest BCUT2D eigenvalue weighted by Gasteiger charge is 2.34. The van der Waals surface area contributed by atoms with Crippen LogP contribution in [0.4, 0.5) is 5.00 Å². The van der Waals surface area contributed by atoms with Crippen LogP contribution in [0.1, 0.15) is 49.6 Å². The van der Waals surface area contributed by atoms with E-state index in [0.29, 0.717) is 27.4 Å². The average molecular weight is 435 g/mol. The lowest BCUT2D eigenvalue weighted by molar-refractivity contribution is -0.116. The molecule has 1 aliphatic rings. The number of benzene rings is 1. The second-order valence-corrected chi connectivity index (χ2v) is 9.95. The molecule has 3 aromatic rings. The molecule has 1 amide bonds. The van der Waals surface area contributed by atoms with Gasteiger partial charge in [-0.2, -0.15) is 5.26 Å². The molecule has 2 aromatic heterocycles. The molecule has 0 saturated heterocycles. The Labute approximate surface area is 185 Å². The molecule has 31 heavy (non-hydrogen) atoms. The first kappa shape index (κ1) is 21.3. The zero-order chi connectivity index (χ0) is 22.2. The van der Waals surface area contributed by atoms with Crippen LogP contribution in [0.5, 0.6) is 0 Å². The number of nitriles is 1. The van der Waals surface area contributed by atoms with Crippen molar-refractivity contribution in [3.63, 3.8) is 0 Å². The van der Waals surface area contributed by atoms with Gasteiger partial charge < -0.3 is 5.32 Å². The molecule has 0 aliphatic heterocycles. The summed E-state index contributed by atoms with van der Waals surface area (Å²) >= 11 is 1.51. The third kappa shape index (κ3) is 4.00. The van der Waals surface area contributed by atoms with Gasteiger partial charge >= 0.3 is 0 Å². The van der Waals surface area contributed by atoms with Crippen LogP contribution in [0, 0.1) is 22.7 Å². The number of para-hydroxylation sites is 1. The molecule has 0 fully saturated rings. The van der Waals surface area contributed by atoms with Crippen LogP contribution in [0.3, 0.4) is 0 Å². The third-order valence-corrected chi connectivity index (χ3v) is 7.86. The normalized spacial score (nSPS) is 16.0. The summed E-state index contributed by atoms with van der Waals surface area (Å²) in [5.41, 5.74) is 2.26. The van der Waals surface area contributed by atoms with Crippen LogP contribution in [-0.4, -0.2) is 15.5 Å². The van der Waals surface area contributed by atoms with Gasteiger partial charge in [-0.15, -0.1) is 11.3 Å². The van der Waals surface area contributed by atoms with E-state index in [4.69, 9.17) is 0 Å². The van der Waals surface area contributed by atoms with Gasteiger partial charge in [0.25, 0.3) is 5.56 Å². The number of amides is 1. The van der Waals surface area contributed by atoms with Crippen molar-refractivity contribution in [2.45, 2.75) is 53.0 Å². The van der Waals surface area contributed by atoms with Crippen molar-refractivity contribution in [3.05, 3.63) is 57.0 Å². The van der Waals surface area contributed by atoms with Gasteiger partial charge in [0.1, 0.15) is 17.6 Å². The lowest BCUT2D eigenvalue weighted by Crippen LogP contribution is -2.28. The maximum absolute atomic E-state index is 12.7. The fraction of sp³-hybridized carbons (Fsp3) is 0.417. The Kier molecular flexibility index (Phi) is 5.67. The molecule has 1 atom stereocenters. The molecule has 160 valence electrons. The average Bonchev–Trinajstić information content (AvgIpc) is 3.11. The van der Waals surface area contributed by atoms with Gasteiger partial charge in [0.15, 0.2) is 0 Å². The van der Waals surface area contributed by atoms with E-state index in [-0.39, 0.29) is 23.4 Å². The number of hydrogen-bond donors (Lipinski definition) is 1. The maximum atomic E-state index is 12.7. The number of nitrogens with zero attached hydrogens (tertiary/aromatic N) is 3. The zero-order valence-electron chi connectivity index (χ0n) is 18.1. The Morgan fingerprint density at radius 1 is 1.39 bits per heavy atom. The molecule has 2 heterocycles. The van der Waals surface area contributed by atoms with Crippen molar-refractivity contribution in [3.8, 4) is 6.07 Å². The molecule has 0 bridgehead atoms. The smallest absolute Gasteiger partial charge is 0.261 e. The van der Waals surface area contributed by atoms with Crippen molar-refractivity contribution < 1.29 is 4.79 Å². The number of fused-ring (bicyclic) bond motifs is 2. The molecular weight excluding hydrogens is 408 g/mol. The Hall–Kier alpha value is -2.98. The molecule has 1 unspecified atom stereocenters. The summed E-state index contributed by atoms with van der Waals surface area (Å²) in [6, 6.07) is 9.36. The minimum absolute atomic E-state index is 0.143. The number of nitrogens with one attached hydrogen (secondary N) is 1. The molecule has 7 heteroatoms. The Morgan fingerprint density at radius 2 is 2.16 bits per heavy atom. The molecule has 6 nitrogen and oxygen atoms in total. The quantitative estimate of drug-likeness (QED) is 0.640. The van der Waals surface area contributed by atoms with Gasteiger partial charge in [0, 0.05) is 4.88 Å². The summed E-state index contributed by atoms with van der Waals surface area (Å²) in [6.45, 7) is 6.69. The zero-order valence-corrected chi connectivity index (χ0v) is 18.9. The van der Waals surface area contributed by atoms with Gasteiger partial charge in [0.05, 0.1) is 22.8 Å². The van der Waals surface area contributed by atoms with Crippen LogP contribution >= 0.6 is 11.3 Å². The maximum Gasteiger partial charge on any atom is 0.261 e. The topological polar surface area (TPSA) is 87.8 Å². The van der Waals surface area contributed by atoms with Gasteiger partial charge in [-0.1, -0.05) is 39.3 Å². The highest BCUT2D eigenvalue weighted by molar-refractivity contribution is 7.16. The van der Waals surface area contributed by atoms with Gasteiger partial charge in [-0.25, -0.2) is 4.98 Å². The van der Waals surface area contributed by atoms with E-state index in [0.717, 1.165) is 31.2 Å². The Morgan fingerprint density at radius 3 is 2.90 bits per heavy atom. The standard InChI is InChI=1S/C24H26N4O2S/c1-4-24(2,3)15-9-10-16-18(12-25)22(31-20(16)11-15)27-21(29)13-28-14-26-19-8-6-5-7-17(19)23(28)30/h5-8,14-15H,4,9-11,13H2,1-3H3,(H,27,29). The van der Waals surface area contributed by atoms with Crippen molar-refractivity contribution >= 4 is 33.1 Å². The van der Waals surface area contributed by atoms with E-state index in [1.807, 2.05) is 6.07 Å². The van der Waals surface area contributed by atoms with Crippen LogP contribution in [0.25, 0.3) is 10.9 Å². The second kappa shape index (κ2) is 8.27. The summed E-state index contributed by atoms with van der Waals surface area (Å²) in [7, 11) is 0. The number of rotatable bonds is 5. The fourth-order valence-corrected chi connectivity index (χ4v) is 5.58. The first-order valence-corrected chi connectivity index (χ1v) is 11.4. The number of aromatic nitrogens is 2. The predicted molar refractivity (Wildman–Crippen MR) is 123 cm³/mol. The van der Waals surface area contributed by atoms with Crippen molar-refractivity contribution in [1.29, 1.82) is 5.26 Å². The van der Waals surface area contributed by atoms with E-state index >= 15 is 0 Å². The summed E-state index contributed by atoms with van der Waals surface area (Å²) in [5, 5.41) is 13.7. The molecular formula is C24H26N4O2S. The number of hydrogen-bond acceptors (Lipinski definition) is 5. The number of carbonyl (C=O) groups excluding carboxylic acids is 1. The van der Waals surface area contributed by atoms with E-state index in [9.17, 15) is 14.9 Å². The number of carbonyl (C=O) groups is 1. The van der Waals surface area contributed by atoms with Crippen LogP contribution < -0.4 is 10.9 Å².